The summed E-state index contributed by atoms with van der Waals surface area (Å²) in [7, 11) is 0.873. The second-order valence-electron chi connectivity index (χ2n) is 5.23. The highest BCUT2D eigenvalue weighted by atomic mass is 19.4. The van der Waals surface area contributed by atoms with E-state index in [9.17, 15) is 32.3 Å². The second-order valence-corrected chi connectivity index (χ2v) is 5.23. The average molecular weight is 359 g/mol. The Bertz CT molecular complexity index is 796. The number of hydrogen-bond donors (Lipinski definition) is 2. The zero-order valence-corrected chi connectivity index (χ0v) is 13.1. The molecule has 1 aromatic rings. The minimum absolute atomic E-state index is 0.111. The fourth-order valence-electron chi connectivity index (χ4n) is 2.68. The lowest BCUT2D eigenvalue weighted by molar-refractivity contribution is -0.138. The van der Waals surface area contributed by atoms with Gasteiger partial charge in [-0.1, -0.05) is 12.1 Å². The van der Waals surface area contributed by atoms with E-state index in [1.807, 2.05) is 5.32 Å². The van der Waals surface area contributed by atoms with Crippen LogP contribution >= 0.6 is 0 Å². The first-order valence-electron chi connectivity index (χ1n) is 6.94. The van der Waals surface area contributed by atoms with Crippen LogP contribution in [0.1, 0.15) is 18.4 Å². The van der Waals surface area contributed by atoms with Gasteiger partial charge in [0.05, 0.1) is 24.2 Å². The number of benzene rings is 1. The van der Waals surface area contributed by atoms with Crippen LogP contribution in [0.4, 0.5) is 17.6 Å². The first-order chi connectivity index (χ1) is 11.6. The Kier molecular flexibility index (Phi) is 4.87. The van der Waals surface area contributed by atoms with Gasteiger partial charge in [0, 0.05) is 5.70 Å². The molecule has 2 rings (SSSR count). The predicted molar refractivity (Wildman–Crippen MR) is 77.7 cm³/mol. The van der Waals surface area contributed by atoms with Gasteiger partial charge in [0.1, 0.15) is 11.5 Å². The van der Waals surface area contributed by atoms with E-state index in [0.29, 0.717) is 0 Å². The number of carboxylic acids is 1. The molecule has 2 N–H and O–H groups in total. The highest BCUT2D eigenvalue weighted by Gasteiger charge is 2.47. The second kappa shape index (κ2) is 6.58. The minimum Gasteiger partial charge on any atom is -0.478 e. The van der Waals surface area contributed by atoms with Crippen molar-refractivity contribution < 1.29 is 37.0 Å². The van der Waals surface area contributed by atoms with Crippen molar-refractivity contribution in [2.24, 2.45) is 0 Å². The molecule has 0 amide bonds. The van der Waals surface area contributed by atoms with E-state index in [1.54, 1.807) is 0 Å². The summed E-state index contributed by atoms with van der Waals surface area (Å²) in [5.74, 6) is -5.32. The third-order valence-electron chi connectivity index (χ3n) is 3.66. The van der Waals surface area contributed by atoms with Crippen molar-refractivity contribution in [1.29, 1.82) is 0 Å². The number of methoxy groups -OCH3 is 1. The van der Waals surface area contributed by atoms with Crippen molar-refractivity contribution in [3.8, 4) is 0 Å². The largest absolute Gasteiger partial charge is 0.478 e. The van der Waals surface area contributed by atoms with Gasteiger partial charge in [0.25, 0.3) is 0 Å². The van der Waals surface area contributed by atoms with Gasteiger partial charge >= 0.3 is 18.1 Å². The SMILES string of the molecule is COC(=O)C1=C(C(F)(F)F)NC(C)=C(C(=O)O)C1c1cccc(F)c1. The van der Waals surface area contributed by atoms with Gasteiger partial charge in [-0.05, 0) is 24.6 Å². The van der Waals surface area contributed by atoms with Crippen LogP contribution in [0.3, 0.4) is 0 Å². The quantitative estimate of drug-likeness (QED) is 0.641. The zero-order chi connectivity index (χ0) is 18.9. The Morgan fingerprint density at radius 2 is 1.88 bits per heavy atom. The molecule has 134 valence electrons. The van der Waals surface area contributed by atoms with Crippen molar-refractivity contribution in [2.45, 2.75) is 19.0 Å². The van der Waals surface area contributed by atoms with Gasteiger partial charge in [-0.25, -0.2) is 14.0 Å². The van der Waals surface area contributed by atoms with E-state index in [0.717, 1.165) is 26.2 Å². The van der Waals surface area contributed by atoms with Gasteiger partial charge in [-0.3, -0.25) is 0 Å². The lowest BCUT2D eigenvalue weighted by atomic mass is 9.80. The molecule has 5 nitrogen and oxygen atoms in total. The number of ether oxygens (including phenoxy) is 1. The molecular formula is C16H13F4NO4. The van der Waals surface area contributed by atoms with E-state index < -0.39 is 46.7 Å². The standard InChI is InChI=1S/C16H13F4NO4/c1-7-10(14(22)23)11(8-4-3-5-9(17)6-8)12(15(24)25-2)13(21-7)16(18,19)20/h3-6,11,21H,1-2H3,(H,22,23). The zero-order valence-electron chi connectivity index (χ0n) is 13.1. The normalized spacial score (nSPS) is 18.1. The molecule has 0 aliphatic carbocycles. The fourth-order valence-corrected chi connectivity index (χ4v) is 2.68. The fraction of sp³-hybridized carbons (Fsp3) is 0.250. The molecule has 0 radical (unpaired) electrons. The van der Waals surface area contributed by atoms with E-state index in [2.05, 4.69) is 4.74 Å². The van der Waals surface area contributed by atoms with Crippen LogP contribution in [0, 0.1) is 5.82 Å². The number of allylic oxidation sites excluding steroid dienone is 2. The van der Waals surface area contributed by atoms with E-state index in [1.165, 1.54) is 12.1 Å². The van der Waals surface area contributed by atoms with Crippen molar-refractivity contribution >= 4 is 11.9 Å². The highest BCUT2D eigenvalue weighted by Crippen LogP contribution is 2.43. The van der Waals surface area contributed by atoms with Gasteiger partial charge in [0.15, 0.2) is 0 Å². The number of carbonyl (C=O) groups excluding carboxylic acids is 1. The summed E-state index contributed by atoms with van der Waals surface area (Å²) in [6.45, 7) is 1.13. The van der Waals surface area contributed by atoms with E-state index in [-0.39, 0.29) is 11.3 Å². The Morgan fingerprint density at radius 3 is 2.36 bits per heavy atom. The molecule has 1 aromatic carbocycles. The summed E-state index contributed by atoms with van der Waals surface area (Å²) in [6, 6.07) is 4.38. The molecule has 0 fully saturated rings. The highest BCUT2D eigenvalue weighted by molar-refractivity contribution is 5.99. The van der Waals surface area contributed by atoms with Crippen molar-refractivity contribution in [3.05, 3.63) is 58.2 Å². The number of esters is 1. The van der Waals surface area contributed by atoms with Crippen LogP contribution in [0.15, 0.2) is 46.8 Å². The lowest BCUT2D eigenvalue weighted by Crippen LogP contribution is -2.38. The number of nitrogens with one attached hydrogen (secondary N) is 1. The molecule has 1 aliphatic rings. The van der Waals surface area contributed by atoms with Crippen LogP contribution in [0.2, 0.25) is 0 Å². The van der Waals surface area contributed by atoms with Crippen molar-refractivity contribution in [1.82, 2.24) is 5.32 Å². The third kappa shape index (κ3) is 3.49. The lowest BCUT2D eigenvalue weighted by Gasteiger charge is -2.31. The summed E-state index contributed by atoms with van der Waals surface area (Å²) < 4.78 is 58.1. The molecule has 0 saturated heterocycles. The average Bonchev–Trinajstić information content (AvgIpc) is 2.51. The molecule has 0 aromatic heterocycles. The van der Waals surface area contributed by atoms with Crippen LogP contribution in [-0.4, -0.2) is 30.3 Å². The van der Waals surface area contributed by atoms with E-state index in [4.69, 9.17) is 0 Å². The molecule has 1 unspecified atom stereocenters. The number of rotatable bonds is 3. The van der Waals surface area contributed by atoms with Crippen LogP contribution in [0.25, 0.3) is 0 Å². The Morgan fingerprint density at radius 1 is 1.24 bits per heavy atom. The summed E-state index contributed by atoms with van der Waals surface area (Å²) in [5, 5.41) is 11.3. The third-order valence-corrected chi connectivity index (χ3v) is 3.66. The maximum atomic E-state index is 13.6. The first kappa shape index (κ1) is 18.5. The van der Waals surface area contributed by atoms with E-state index >= 15 is 0 Å². The maximum Gasteiger partial charge on any atom is 0.431 e. The molecule has 1 aliphatic heterocycles. The number of aliphatic carboxylic acids is 1. The predicted octanol–water partition coefficient (Wildman–Crippen LogP) is 2.86. The minimum atomic E-state index is -4.97. The van der Waals surface area contributed by atoms with Crippen LogP contribution in [0.5, 0.6) is 0 Å². The number of halogens is 4. The molecule has 1 heterocycles. The molecule has 1 atom stereocenters. The van der Waals surface area contributed by atoms with Crippen LogP contribution in [-0.2, 0) is 14.3 Å². The maximum absolute atomic E-state index is 13.6. The number of alkyl halides is 3. The van der Waals surface area contributed by atoms with Crippen molar-refractivity contribution in [3.63, 3.8) is 0 Å². The molecule has 0 saturated carbocycles. The smallest absolute Gasteiger partial charge is 0.431 e. The molecule has 0 bridgehead atoms. The Balaban J connectivity index is 2.83. The van der Waals surface area contributed by atoms with Gasteiger partial charge in [0.2, 0.25) is 0 Å². The number of carboxylic acid groups (broad SMARTS) is 1. The number of carbonyl (C=O) groups is 2. The summed E-state index contributed by atoms with van der Waals surface area (Å²) >= 11 is 0. The Hall–Kier alpha value is -2.84. The topological polar surface area (TPSA) is 75.6 Å². The number of dihydropyridines is 1. The van der Waals surface area contributed by atoms with Gasteiger partial charge in [-0.15, -0.1) is 0 Å². The molecule has 25 heavy (non-hydrogen) atoms. The Labute approximate surface area is 139 Å². The summed E-state index contributed by atoms with van der Waals surface area (Å²) in [5.41, 5.74) is -3.29. The molecular weight excluding hydrogens is 346 g/mol. The monoisotopic (exact) mass is 359 g/mol. The van der Waals surface area contributed by atoms with Gasteiger partial charge in [-0.2, -0.15) is 13.2 Å². The summed E-state index contributed by atoms with van der Waals surface area (Å²) in [4.78, 5) is 23.6. The van der Waals surface area contributed by atoms with Gasteiger partial charge < -0.3 is 15.2 Å². The first-order valence-corrected chi connectivity index (χ1v) is 6.94. The van der Waals surface area contributed by atoms with Crippen LogP contribution < -0.4 is 5.32 Å². The molecule has 9 heteroatoms. The number of hydrogen-bond acceptors (Lipinski definition) is 4. The van der Waals surface area contributed by atoms with Crippen molar-refractivity contribution in [2.75, 3.05) is 7.11 Å². The molecule has 0 spiro atoms. The summed E-state index contributed by atoms with van der Waals surface area (Å²) in [6.07, 6.45) is -4.97.